The Labute approximate surface area is 109 Å². The van der Waals surface area contributed by atoms with E-state index in [1.54, 1.807) is 0 Å². The number of esters is 2. The zero-order valence-corrected chi connectivity index (χ0v) is 12.2. The standard InChI is InChI=1S/C14H24O4/c1-11(15)17-13(3,4)9-7-8-10-14(5,6)18-12(2)16/h7-8H,9-10H2,1-6H3/b8-7+. The molecule has 0 saturated heterocycles. The fraction of sp³-hybridized carbons (Fsp3) is 0.714. The van der Waals surface area contributed by atoms with E-state index in [1.807, 2.05) is 39.8 Å². The van der Waals surface area contributed by atoms with Crippen LogP contribution in [0, 0.1) is 0 Å². The third-order valence-electron chi connectivity index (χ3n) is 2.23. The maximum absolute atomic E-state index is 10.9. The van der Waals surface area contributed by atoms with E-state index in [9.17, 15) is 9.59 Å². The SMILES string of the molecule is CC(=O)OC(C)(C)C/C=C/CC(C)(C)OC(C)=O. The molecule has 0 bridgehead atoms. The average Bonchev–Trinajstić information content (AvgIpc) is 2.08. The van der Waals surface area contributed by atoms with Crippen molar-refractivity contribution < 1.29 is 19.1 Å². The number of carbonyl (C=O) groups is 2. The first-order valence-electron chi connectivity index (χ1n) is 6.08. The van der Waals surface area contributed by atoms with Gasteiger partial charge in [-0.15, -0.1) is 0 Å². The van der Waals surface area contributed by atoms with Gasteiger partial charge in [0.05, 0.1) is 0 Å². The zero-order chi connectivity index (χ0) is 14.4. The number of rotatable bonds is 6. The Morgan fingerprint density at radius 2 is 1.11 bits per heavy atom. The van der Waals surface area contributed by atoms with E-state index >= 15 is 0 Å². The average molecular weight is 256 g/mol. The van der Waals surface area contributed by atoms with E-state index in [1.165, 1.54) is 13.8 Å². The third-order valence-corrected chi connectivity index (χ3v) is 2.23. The third kappa shape index (κ3) is 8.79. The molecule has 104 valence electrons. The summed E-state index contributed by atoms with van der Waals surface area (Å²) in [7, 11) is 0. The van der Waals surface area contributed by atoms with Gasteiger partial charge < -0.3 is 9.47 Å². The molecular weight excluding hydrogens is 232 g/mol. The van der Waals surface area contributed by atoms with Crippen LogP contribution in [-0.4, -0.2) is 23.1 Å². The highest BCUT2D eigenvalue weighted by molar-refractivity contribution is 5.66. The van der Waals surface area contributed by atoms with Crippen molar-refractivity contribution in [3.8, 4) is 0 Å². The van der Waals surface area contributed by atoms with E-state index in [-0.39, 0.29) is 11.9 Å². The highest BCUT2D eigenvalue weighted by Gasteiger charge is 2.21. The largest absolute Gasteiger partial charge is 0.460 e. The van der Waals surface area contributed by atoms with Gasteiger partial charge in [-0.1, -0.05) is 12.2 Å². The molecule has 0 spiro atoms. The van der Waals surface area contributed by atoms with Crippen molar-refractivity contribution in [1.29, 1.82) is 0 Å². The number of hydrogen-bond acceptors (Lipinski definition) is 4. The van der Waals surface area contributed by atoms with E-state index in [2.05, 4.69) is 0 Å². The summed E-state index contributed by atoms with van der Waals surface area (Å²) < 4.78 is 10.3. The number of ether oxygens (including phenoxy) is 2. The first-order valence-corrected chi connectivity index (χ1v) is 6.08. The van der Waals surface area contributed by atoms with Gasteiger partial charge in [-0.25, -0.2) is 0 Å². The molecule has 0 aliphatic carbocycles. The first kappa shape index (κ1) is 16.7. The van der Waals surface area contributed by atoms with Gasteiger partial charge in [0.2, 0.25) is 0 Å². The lowest BCUT2D eigenvalue weighted by Crippen LogP contribution is -2.27. The van der Waals surface area contributed by atoms with Crippen LogP contribution in [0.5, 0.6) is 0 Å². The lowest BCUT2D eigenvalue weighted by atomic mass is 10.0. The van der Waals surface area contributed by atoms with E-state index < -0.39 is 11.2 Å². The lowest BCUT2D eigenvalue weighted by Gasteiger charge is -2.24. The van der Waals surface area contributed by atoms with Crippen molar-refractivity contribution in [2.45, 2.75) is 65.6 Å². The van der Waals surface area contributed by atoms with Gasteiger partial charge in [-0.3, -0.25) is 9.59 Å². The summed E-state index contributed by atoms with van der Waals surface area (Å²) in [5.74, 6) is -0.567. The summed E-state index contributed by atoms with van der Waals surface area (Å²) in [5, 5.41) is 0. The molecule has 0 aromatic heterocycles. The van der Waals surface area contributed by atoms with Crippen molar-refractivity contribution in [2.24, 2.45) is 0 Å². The second-order valence-electron chi connectivity index (χ2n) is 5.59. The molecule has 0 aromatic rings. The molecule has 0 rings (SSSR count). The van der Waals surface area contributed by atoms with Crippen LogP contribution in [0.1, 0.15) is 54.4 Å². The molecule has 0 saturated carbocycles. The van der Waals surface area contributed by atoms with Crippen LogP contribution in [-0.2, 0) is 19.1 Å². The van der Waals surface area contributed by atoms with Gasteiger partial charge in [0.15, 0.2) is 0 Å². The van der Waals surface area contributed by atoms with Crippen LogP contribution in [0.4, 0.5) is 0 Å². The summed E-state index contributed by atoms with van der Waals surface area (Å²) in [6.45, 7) is 10.2. The van der Waals surface area contributed by atoms with Crippen molar-refractivity contribution in [1.82, 2.24) is 0 Å². The summed E-state index contributed by atoms with van der Waals surface area (Å²) >= 11 is 0. The second kappa shape index (κ2) is 6.57. The molecule has 0 N–H and O–H groups in total. The lowest BCUT2D eigenvalue weighted by molar-refractivity contribution is -0.154. The normalized spacial score (nSPS) is 12.6. The van der Waals surface area contributed by atoms with Crippen LogP contribution < -0.4 is 0 Å². The van der Waals surface area contributed by atoms with Gasteiger partial charge in [-0.2, -0.15) is 0 Å². The number of hydrogen-bond donors (Lipinski definition) is 0. The monoisotopic (exact) mass is 256 g/mol. The van der Waals surface area contributed by atoms with E-state index in [0.29, 0.717) is 12.8 Å². The molecule has 0 amide bonds. The molecule has 18 heavy (non-hydrogen) atoms. The highest BCUT2D eigenvalue weighted by Crippen LogP contribution is 2.18. The number of carbonyl (C=O) groups excluding carboxylic acids is 2. The molecule has 4 nitrogen and oxygen atoms in total. The summed E-state index contributed by atoms with van der Waals surface area (Å²) in [6.07, 6.45) is 5.13. The maximum atomic E-state index is 10.9. The van der Waals surface area contributed by atoms with Gasteiger partial charge >= 0.3 is 11.9 Å². The Bertz CT molecular complexity index is 295. The minimum absolute atomic E-state index is 0.284. The van der Waals surface area contributed by atoms with E-state index in [0.717, 1.165) is 0 Å². The van der Waals surface area contributed by atoms with E-state index in [4.69, 9.17) is 9.47 Å². The summed E-state index contributed by atoms with van der Waals surface area (Å²) in [5.41, 5.74) is -1.01. The smallest absolute Gasteiger partial charge is 0.303 e. The molecular formula is C14H24O4. The zero-order valence-electron chi connectivity index (χ0n) is 12.2. The Hall–Kier alpha value is -1.32. The van der Waals surface area contributed by atoms with Gasteiger partial charge in [0.1, 0.15) is 11.2 Å². The predicted molar refractivity (Wildman–Crippen MR) is 70.1 cm³/mol. The maximum Gasteiger partial charge on any atom is 0.303 e. The van der Waals surface area contributed by atoms with Crippen molar-refractivity contribution in [3.63, 3.8) is 0 Å². The molecule has 4 heteroatoms. The first-order chi connectivity index (χ1) is 8.04. The van der Waals surface area contributed by atoms with Gasteiger partial charge in [0, 0.05) is 26.7 Å². The van der Waals surface area contributed by atoms with Crippen LogP contribution in [0.3, 0.4) is 0 Å². The Balaban J connectivity index is 4.18. The van der Waals surface area contributed by atoms with Crippen LogP contribution in [0.2, 0.25) is 0 Å². The minimum atomic E-state index is -0.506. The molecule has 0 unspecified atom stereocenters. The summed E-state index contributed by atoms with van der Waals surface area (Å²) in [6, 6.07) is 0. The molecule has 0 fully saturated rings. The van der Waals surface area contributed by atoms with Crippen LogP contribution in [0.15, 0.2) is 12.2 Å². The predicted octanol–water partition coefficient (Wildman–Crippen LogP) is 3.01. The molecule has 0 atom stereocenters. The molecule has 0 aromatic carbocycles. The van der Waals surface area contributed by atoms with Crippen LogP contribution >= 0.6 is 0 Å². The minimum Gasteiger partial charge on any atom is -0.460 e. The fourth-order valence-electron chi connectivity index (χ4n) is 1.60. The van der Waals surface area contributed by atoms with Crippen molar-refractivity contribution in [3.05, 3.63) is 12.2 Å². The molecule has 0 heterocycles. The summed E-state index contributed by atoms with van der Waals surface area (Å²) in [4.78, 5) is 21.7. The highest BCUT2D eigenvalue weighted by atomic mass is 16.6. The fourth-order valence-corrected chi connectivity index (χ4v) is 1.60. The van der Waals surface area contributed by atoms with Crippen molar-refractivity contribution >= 4 is 11.9 Å². The topological polar surface area (TPSA) is 52.6 Å². The molecule has 0 radical (unpaired) electrons. The quantitative estimate of drug-likeness (QED) is 0.541. The second-order valence-corrected chi connectivity index (χ2v) is 5.59. The van der Waals surface area contributed by atoms with Gasteiger partial charge in [-0.05, 0) is 27.7 Å². The molecule has 0 aliphatic rings. The molecule has 0 aliphatic heterocycles. The Morgan fingerprint density at radius 3 is 1.33 bits per heavy atom. The Morgan fingerprint density at radius 1 is 0.833 bits per heavy atom. The van der Waals surface area contributed by atoms with Gasteiger partial charge in [0.25, 0.3) is 0 Å². The Kier molecular flexibility index (Phi) is 6.09. The van der Waals surface area contributed by atoms with Crippen molar-refractivity contribution in [2.75, 3.05) is 0 Å². The van der Waals surface area contributed by atoms with Crippen LogP contribution in [0.25, 0.3) is 0 Å².